The van der Waals surface area contributed by atoms with E-state index in [2.05, 4.69) is 29.2 Å². The third kappa shape index (κ3) is 1.87. The number of hydrogen-bond donors (Lipinski definition) is 1. The number of aryl methyl sites for hydroxylation is 1. The van der Waals surface area contributed by atoms with Gasteiger partial charge in [-0.25, -0.2) is 4.98 Å². The lowest BCUT2D eigenvalue weighted by atomic mass is 10.0. The molecule has 1 aromatic heterocycles. The zero-order chi connectivity index (χ0) is 11.7. The van der Waals surface area contributed by atoms with E-state index in [1.807, 2.05) is 6.07 Å². The van der Waals surface area contributed by atoms with Crippen molar-refractivity contribution in [3.8, 4) is 0 Å². The summed E-state index contributed by atoms with van der Waals surface area (Å²) in [5, 5.41) is 1.24. The number of anilines is 1. The summed E-state index contributed by atoms with van der Waals surface area (Å²) in [4.78, 5) is 7.10. The first-order valence-corrected chi connectivity index (χ1v) is 6.22. The quantitative estimate of drug-likeness (QED) is 0.852. The second-order valence-corrected chi connectivity index (χ2v) is 4.54. The van der Waals surface area contributed by atoms with Crippen molar-refractivity contribution in [1.29, 1.82) is 0 Å². The first kappa shape index (κ1) is 10.5. The molecule has 0 spiro atoms. The van der Waals surface area contributed by atoms with Crippen LogP contribution in [0.2, 0.25) is 0 Å². The Morgan fingerprint density at radius 1 is 1.29 bits per heavy atom. The summed E-state index contributed by atoms with van der Waals surface area (Å²) < 4.78 is 0. The van der Waals surface area contributed by atoms with E-state index in [-0.39, 0.29) is 0 Å². The lowest BCUT2D eigenvalue weighted by Gasteiger charge is -2.30. The van der Waals surface area contributed by atoms with Crippen LogP contribution in [0.5, 0.6) is 0 Å². The maximum absolute atomic E-state index is 5.66. The number of pyridine rings is 1. The van der Waals surface area contributed by atoms with Crippen molar-refractivity contribution in [3.63, 3.8) is 0 Å². The Morgan fingerprint density at radius 3 is 3.06 bits per heavy atom. The lowest BCUT2D eigenvalue weighted by Crippen LogP contribution is -2.34. The van der Waals surface area contributed by atoms with Gasteiger partial charge < -0.3 is 10.6 Å². The molecule has 1 aromatic carbocycles. The average Bonchev–Trinajstić information content (AvgIpc) is 2.37. The van der Waals surface area contributed by atoms with Gasteiger partial charge in [-0.3, -0.25) is 0 Å². The van der Waals surface area contributed by atoms with Gasteiger partial charge in [-0.2, -0.15) is 0 Å². The molecule has 3 rings (SSSR count). The van der Waals surface area contributed by atoms with Crippen LogP contribution in [0.1, 0.15) is 12.0 Å². The zero-order valence-corrected chi connectivity index (χ0v) is 9.89. The molecular weight excluding hydrogens is 210 g/mol. The number of hydrogen-bond acceptors (Lipinski definition) is 3. The minimum atomic E-state index is 0.688. The Bertz CT molecular complexity index is 536. The van der Waals surface area contributed by atoms with Crippen molar-refractivity contribution in [2.75, 3.05) is 24.5 Å². The lowest BCUT2D eigenvalue weighted by molar-refractivity contribution is 0.682. The molecule has 1 aliphatic heterocycles. The summed E-state index contributed by atoms with van der Waals surface area (Å²) >= 11 is 0. The molecule has 88 valence electrons. The summed E-state index contributed by atoms with van der Waals surface area (Å²) in [6.07, 6.45) is 2.33. The Morgan fingerprint density at radius 2 is 2.18 bits per heavy atom. The van der Waals surface area contributed by atoms with E-state index in [4.69, 9.17) is 10.7 Å². The predicted molar refractivity (Wildman–Crippen MR) is 71.3 cm³/mol. The molecule has 2 N–H and O–H groups in total. The third-order valence-corrected chi connectivity index (χ3v) is 3.35. The van der Waals surface area contributed by atoms with Crippen molar-refractivity contribution in [3.05, 3.63) is 35.9 Å². The second kappa shape index (κ2) is 4.34. The monoisotopic (exact) mass is 227 g/mol. The molecule has 0 unspecified atom stereocenters. The van der Waals surface area contributed by atoms with Crippen LogP contribution in [-0.4, -0.2) is 24.6 Å². The molecule has 1 aliphatic rings. The highest BCUT2D eigenvalue weighted by Crippen LogP contribution is 2.28. The number of nitrogens with zero attached hydrogens (tertiary/aromatic N) is 2. The largest absolute Gasteiger partial charge is 0.355 e. The molecule has 17 heavy (non-hydrogen) atoms. The Kier molecular flexibility index (Phi) is 2.69. The van der Waals surface area contributed by atoms with Crippen LogP contribution in [0.25, 0.3) is 10.9 Å². The molecular formula is C14H17N3. The van der Waals surface area contributed by atoms with Crippen molar-refractivity contribution in [2.45, 2.75) is 12.8 Å². The van der Waals surface area contributed by atoms with Crippen LogP contribution >= 0.6 is 0 Å². The van der Waals surface area contributed by atoms with Crippen LogP contribution in [0.4, 0.5) is 5.82 Å². The van der Waals surface area contributed by atoms with E-state index in [1.54, 1.807) is 0 Å². The number of fused-ring (bicyclic) bond motifs is 2. The highest BCUT2D eigenvalue weighted by atomic mass is 15.2. The zero-order valence-electron chi connectivity index (χ0n) is 9.89. The normalized spacial score (nSPS) is 15.0. The summed E-state index contributed by atoms with van der Waals surface area (Å²) in [6, 6.07) is 10.6. The Labute approximate surface area is 101 Å². The molecule has 3 heteroatoms. The standard InChI is InChI=1S/C14H17N3/c15-7-9-17-8-3-5-12-10-11-4-1-2-6-13(11)16-14(12)17/h1-2,4,6,10H,3,5,7-9,15H2. The minimum Gasteiger partial charge on any atom is -0.355 e. The Hall–Kier alpha value is -1.61. The smallest absolute Gasteiger partial charge is 0.132 e. The molecule has 0 atom stereocenters. The Balaban J connectivity index is 2.12. The van der Waals surface area contributed by atoms with Crippen LogP contribution in [-0.2, 0) is 6.42 Å². The van der Waals surface area contributed by atoms with Gasteiger partial charge in [0.2, 0.25) is 0 Å². The second-order valence-electron chi connectivity index (χ2n) is 4.54. The molecule has 0 saturated heterocycles. The highest BCUT2D eigenvalue weighted by Gasteiger charge is 2.18. The number of para-hydroxylation sites is 1. The predicted octanol–water partition coefficient (Wildman–Crippen LogP) is 1.95. The van der Waals surface area contributed by atoms with Gasteiger partial charge >= 0.3 is 0 Å². The van der Waals surface area contributed by atoms with Crippen molar-refractivity contribution in [1.82, 2.24) is 4.98 Å². The molecule has 0 aliphatic carbocycles. The number of benzene rings is 1. The van der Waals surface area contributed by atoms with Gasteiger partial charge in [0, 0.05) is 25.0 Å². The van der Waals surface area contributed by atoms with E-state index in [0.717, 1.165) is 30.8 Å². The van der Waals surface area contributed by atoms with Gasteiger partial charge in [-0.1, -0.05) is 18.2 Å². The first-order valence-electron chi connectivity index (χ1n) is 6.22. The third-order valence-electron chi connectivity index (χ3n) is 3.35. The van der Waals surface area contributed by atoms with Gasteiger partial charge in [-0.15, -0.1) is 0 Å². The van der Waals surface area contributed by atoms with Crippen LogP contribution in [0.15, 0.2) is 30.3 Å². The maximum Gasteiger partial charge on any atom is 0.132 e. The molecule has 0 fully saturated rings. The molecule has 0 radical (unpaired) electrons. The van der Waals surface area contributed by atoms with E-state index in [9.17, 15) is 0 Å². The summed E-state index contributed by atoms with van der Waals surface area (Å²) in [7, 11) is 0. The fourth-order valence-corrected chi connectivity index (χ4v) is 2.55. The summed E-state index contributed by atoms with van der Waals surface area (Å²) in [6.45, 7) is 2.67. The molecule has 0 saturated carbocycles. The maximum atomic E-state index is 5.66. The van der Waals surface area contributed by atoms with E-state index >= 15 is 0 Å². The van der Waals surface area contributed by atoms with Gasteiger partial charge in [0.25, 0.3) is 0 Å². The summed E-state index contributed by atoms with van der Waals surface area (Å²) in [5.74, 6) is 1.14. The topological polar surface area (TPSA) is 42.1 Å². The fourth-order valence-electron chi connectivity index (χ4n) is 2.55. The van der Waals surface area contributed by atoms with Crippen LogP contribution in [0.3, 0.4) is 0 Å². The number of nitrogens with two attached hydrogens (primary N) is 1. The van der Waals surface area contributed by atoms with E-state index in [1.165, 1.54) is 17.4 Å². The SMILES string of the molecule is NCCN1CCCc2cc3ccccc3nc21. The molecule has 3 nitrogen and oxygen atoms in total. The average molecular weight is 227 g/mol. The van der Waals surface area contributed by atoms with Gasteiger partial charge in [0.05, 0.1) is 5.52 Å². The molecule has 2 heterocycles. The molecule has 0 bridgehead atoms. The summed E-state index contributed by atoms with van der Waals surface area (Å²) in [5.41, 5.74) is 8.10. The molecule has 0 amide bonds. The van der Waals surface area contributed by atoms with Crippen molar-refractivity contribution in [2.24, 2.45) is 5.73 Å². The highest BCUT2D eigenvalue weighted by molar-refractivity contribution is 5.82. The fraction of sp³-hybridized carbons (Fsp3) is 0.357. The minimum absolute atomic E-state index is 0.688. The van der Waals surface area contributed by atoms with Crippen LogP contribution < -0.4 is 10.6 Å². The first-order chi connectivity index (χ1) is 8.38. The van der Waals surface area contributed by atoms with Gasteiger partial charge in [0.1, 0.15) is 5.82 Å². The van der Waals surface area contributed by atoms with Gasteiger partial charge in [-0.05, 0) is 30.5 Å². The number of aromatic nitrogens is 1. The van der Waals surface area contributed by atoms with Crippen molar-refractivity contribution >= 4 is 16.7 Å². The molecule has 2 aromatic rings. The van der Waals surface area contributed by atoms with Crippen LogP contribution in [0, 0.1) is 0 Å². The number of rotatable bonds is 2. The van der Waals surface area contributed by atoms with E-state index < -0.39 is 0 Å². The van der Waals surface area contributed by atoms with Gasteiger partial charge in [0.15, 0.2) is 0 Å². The van der Waals surface area contributed by atoms with Crippen molar-refractivity contribution < 1.29 is 0 Å². The van der Waals surface area contributed by atoms with E-state index in [0.29, 0.717) is 6.54 Å².